The quantitative estimate of drug-likeness (QED) is 0.785. The second-order valence-electron chi connectivity index (χ2n) is 5.66. The molecular formula is C17H20Cl3N3O3. The summed E-state index contributed by atoms with van der Waals surface area (Å²) in [5.41, 5.74) is 5.94. The fourth-order valence-corrected chi connectivity index (χ4v) is 2.48. The molecule has 3 N–H and O–H groups in total. The number of nitrogens with zero attached hydrogens (tertiary/aromatic N) is 1. The highest BCUT2D eigenvalue weighted by molar-refractivity contribution is 6.30. The maximum Gasteiger partial charge on any atom is 0.244 e. The Morgan fingerprint density at radius 1 is 1.15 bits per heavy atom. The van der Waals surface area contributed by atoms with Gasteiger partial charge in [0.15, 0.2) is 0 Å². The number of hydrogen-bond donors (Lipinski definition) is 2. The molecule has 1 fully saturated rings. The van der Waals surface area contributed by atoms with E-state index in [0.717, 1.165) is 0 Å². The number of nitrogens with one attached hydrogen (secondary N) is 1. The molecule has 0 radical (unpaired) electrons. The number of carbonyl (C=O) groups excluding carboxylic acids is 1. The van der Waals surface area contributed by atoms with Gasteiger partial charge >= 0.3 is 0 Å². The van der Waals surface area contributed by atoms with Gasteiger partial charge in [-0.2, -0.15) is 0 Å². The van der Waals surface area contributed by atoms with Crippen LogP contribution in [0, 0.1) is 0 Å². The zero-order chi connectivity index (χ0) is 17.0. The predicted molar refractivity (Wildman–Crippen MR) is 106 cm³/mol. The summed E-state index contributed by atoms with van der Waals surface area (Å²) < 4.78 is 10.9. The number of benzene rings is 1. The van der Waals surface area contributed by atoms with Crippen molar-refractivity contribution in [3.8, 4) is 11.6 Å². The van der Waals surface area contributed by atoms with Crippen LogP contribution in [0.2, 0.25) is 5.02 Å². The van der Waals surface area contributed by atoms with Gasteiger partial charge in [0.25, 0.3) is 0 Å². The monoisotopic (exact) mass is 419 g/mol. The molecule has 0 unspecified atom stereocenters. The van der Waals surface area contributed by atoms with E-state index in [0.29, 0.717) is 48.4 Å². The van der Waals surface area contributed by atoms with Gasteiger partial charge in [-0.3, -0.25) is 4.79 Å². The molecule has 1 saturated heterocycles. The summed E-state index contributed by atoms with van der Waals surface area (Å²) in [6, 6.07) is 10.4. The van der Waals surface area contributed by atoms with E-state index in [2.05, 4.69) is 10.3 Å². The van der Waals surface area contributed by atoms with Gasteiger partial charge in [0, 0.05) is 31.2 Å². The van der Waals surface area contributed by atoms with Gasteiger partial charge in [-0.25, -0.2) is 4.98 Å². The van der Waals surface area contributed by atoms with Gasteiger partial charge in [-0.05, 0) is 43.2 Å². The summed E-state index contributed by atoms with van der Waals surface area (Å²) in [5.74, 6) is 0.856. The van der Waals surface area contributed by atoms with Crippen molar-refractivity contribution in [1.82, 2.24) is 4.98 Å². The SMILES string of the molecule is Cl.Cl.NC1(C(=O)Nc2ccc(Oc3ccc(Cl)cn3)cc2)CCOCC1. The van der Waals surface area contributed by atoms with Crippen LogP contribution < -0.4 is 15.8 Å². The molecule has 0 saturated carbocycles. The summed E-state index contributed by atoms with van der Waals surface area (Å²) in [6.07, 6.45) is 2.55. The summed E-state index contributed by atoms with van der Waals surface area (Å²) in [6.45, 7) is 1.01. The summed E-state index contributed by atoms with van der Waals surface area (Å²) in [7, 11) is 0. The number of carbonyl (C=O) groups is 1. The maximum atomic E-state index is 12.4. The number of aromatic nitrogens is 1. The lowest BCUT2D eigenvalue weighted by molar-refractivity contribution is -0.124. The number of anilines is 1. The lowest BCUT2D eigenvalue weighted by Gasteiger charge is -2.31. The van der Waals surface area contributed by atoms with Gasteiger partial charge in [-0.15, -0.1) is 24.8 Å². The highest BCUT2D eigenvalue weighted by atomic mass is 35.5. The summed E-state index contributed by atoms with van der Waals surface area (Å²) in [5, 5.41) is 3.39. The summed E-state index contributed by atoms with van der Waals surface area (Å²) >= 11 is 5.78. The lowest BCUT2D eigenvalue weighted by Crippen LogP contribution is -2.54. The van der Waals surface area contributed by atoms with E-state index >= 15 is 0 Å². The second kappa shape index (κ2) is 9.94. The third kappa shape index (κ3) is 5.72. The van der Waals surface area contributed by atoms with Crippen molar-refractivity contribution in [1.29, 1.82) is 0 Å². The Morgan fingerprint density at radius 2 is 1.81 bits per heavy atom. The molecule has 1 aliphatic rings. The van der Waals surface area contributed by atoms with Crippen LogP contribution in [0.15, 0.2) is 42.6 Å². The van der Waals surface area contributed by atoms with Crippen LogP contribution in [-0.2, 0) is 9.53 Å². The molecular weight excluding hydrogens is 401 g/mol. The molecule has 2 aromatic rings. The molecule has 6 nitrogen and oxygen atoms in total. The molecule has 9 heteroatoms. The number of ether oxygens (including phenoxy) is 2. The largest absolute Gasteiger partial charge is 0.439 e. The molecule has 1 aliphatic heterocycles. The molecule has 0 bridgehead atoms. The fourth-order valence-electron chi connectivity index (χ4n) is 2.37. The van der Waals surface area contributed by atoms with E-state index in [4.69, 9.17) is 26.8 Å². The van der Waals surface area contributed by atoms with Gasteiger partial charge in [-0.1, -0.05) is 11.6 Å². The Hall–Kier alpha value is -1.57. The zero-order valence-electron chi connectivity index (χ0n) is 13.8. The number of nitrogens with two attached hydrogens (primary N) is 1. The van der Waals surface area contributed by atoms with Crippen molar-refractivity contribution < 1.29 is 14.3 Å². The predicted octanol–water partition coefficient (Wildman–Crippen LogP) is 3.82. The molecule has 2 heterocycles. The molecule has 26 heavy (non-hydrogen) atoms. The Kier molecular flexibility index (Phi) is 8.59. The first-order chi connectivity index (χ1) is 11.5. The van der Waals surface area contributed by atoms with E-state index in [9.17, 15) is 4.79 Å². The molecule has 0 aliphatic carbocycles. The van der Waals surface area contributed by atoms with Crippen molar-refractivity contribution in [2.45, 2.75) is 18.4 Å². The standard InChI is InChI=1S/C17H18ClN3O3.2ClH/c18-12-1-6-15(20-11-12)24-14-4-2-13(3-5-14)21-16(22)17(19)7-9-23-10-8-17;;/h1-6,11H,7-10,19H2,(H,21,22);2*1H. The highest BCUT2D eigenvalue weighted by Crippen LogP contribution is 2.24. The fraction of sp³-hybridized carbons (Fsp3) is 0.294. The minimum Gasteiger partial charge on any atom is -0.439 e. The number of amides is 1. The minimum atomic E-state index is -0.874. The van der Waals surface area contributed by atoms with Crippen LogP contribution in [0.3, 0.4) is 0 Å². The van der Waals surface area contributed by atoms with E-state index in [-0.39, 0.29) is 30.7 Å². The van der Waals surface area contributed by atoms with E-state index in [1.807, 2.05) is 0 Å². The van der Waals surface area contributed by atoms with Crippen molar-refractivity contribution in [3.63, 3.8) is 0 Å². The third-order valence-corrected chi connectivity index (χ3v) is 4.10. The molecule has 1 amide bonds. The molecule has 1 aromatic heterocycles. The van der Waals surface area contributed by atoms with E-state index in [1.165, 1.54) is 6.20 Å². The first-order valence-corrected chi connectivity index (χ1v) is 8.00. The number of halogens is 3. The number of hydrogen-bond acceptors (Lipinski definition) is 5. The first-order valence-electron chi connectivity index (χ1n) is 7.63. The maximum absolute atomic E-state index is 12.4. The van der Waals surface area contributed by atoms with Crippen LogP contribution in [0.25, 0.3) is 0 Å². The zero-order valence-corrected chi connectivity index (χ0v) is 16.2. The minimum absolute atomic E-state index is 0. The van der Waals surface area contributed by atoms with Crippen LogP contribution in [0.1, 0.15) is 12.8 Å². The lowest BCUT2D eigenvalue weighted by atomic mass is 9.90. The first kappa shape index (κ1) is 22.5. The molecule has 0 spiro atoms. The number of rotatable bonds is 4. The second-order valence-corrected chi connectivity index (χ2v) is 6.10. The molecule has 3 rings (SSSR count). The molecule has 142 valence electrons. The molecule has 0 atom stereocenters. The van der Waals surface area contributed by atoms with Gasteiger partial charge in [0.2, 0.25) is 11.8 Å². The van der Waals surface area contributed by atoms with E-state index < -0.39 is 5.54 Å². The van der Waals surface area contributed by atoms with Crippen LogP contribution in [0.4, 0.5) is 5.69 Å². The topological polar surface area (TPSA) is 86.5 Å². The Morgan fingerprint density at radius 3 is 2.38 bits per heavy atom. The highest BCUT2D eigenvalue weighted by Gasteiger charge is 2.35. The van der Waals surface area contributed by atoms with Crippen molar-refractivity contribution >= 4 is 48.0 Å². The van der Waals surface area contributed by atoms with Crippen molar-refractivity contribution in [2.75, 3.05) is 18.5 Å². The van der Waals surface area contributed by atoms with Crippen molar-refractivity contribution in [3.05, 3.63) is 47.6 Å². The Balaban J connectivity index is 0.00000169. The average molecular weight is 421 g/mol. The van der Waals surface area contributed by atoms with Gasteiger partial charge in [0.05, 0.1) is 5.02 Å². The van der Waals surface area contributed by atoms with Crippen LogP contribution >= 0.6 is 36.4 Å². The Labute approximate surface area is 169 Å². The number of pyridine rings is 1. The smallest absolute Gasteiger partial charge is 0.244 e. The van der Waals surface area contributed by atoms with E-state index in [1.54, 1.807) is 36.4 Å². The normalized spacial score (nSPS) is 15.2. The Bertz CT molecular complexity index is 705. The average Bonchev–Trinajstić information content (AvgIpc) is 2.59. The van der Waals surface area contributed by atoms with Crippen LogP contribution in [0.5, 0.6) is 11.6 Å². The van der Waals surface area contributed by atoms with Gasteiger partial charge in [0.1, 0.15) is 11.3 Å². The van der Waals surface area contributed by atoms with Gasteiger partial charge < -0.3 is 20.5 Å². The third-order valence-electron chi connectivity index (χ3n) is 3.87. The van der Waals surface area contributed by atoms with Crippen molar-refractivity contribution in [2.24, 2.45) is 5.73 Å². The summed E-state index contributed by atoms with van der Waals surface area (Å²) in [4.78, 5) is 16.4. The van der Waals surface area contributed by atoms with Crippen LogP contribution in [-0.4, -0.2) is 29.6 Å². The molecule has 1 aromatic carbocycles.